The number of carbonyl (C=O) groups excluding carboxylic acids is 2. The Labute approximate surface area is 167 Å². The Morgan fingerprint density at radius 3 is 2.57 bits per heavy atom. The number of amidine groups is 1. The predicted molar refractivity (Wildman–Crippen MR) is 111 cm³/mol. The first-order chi connectivity index (χ1) is 13.4. The van der Waals surface area contributed by atoms with Gasteiger partial charge in [-0.3, -0.25) is 4.79 Å². The minimum Gasteiger partial charge on any atom is -0.507 e. The molecule has 28 heavy (non-hydrogen) atoms. The van der Waals surface area contributed by atoms with Gasteiger partial charge in [-0.25, -0.2) is 9.79 Å². The lowest BCUT2D eigenvalue weighted by molar-refractivity contribution is -0.115. The third-order valence-corrected chi connectivity index (χ3v) is 5.08. The van der Waals surface area contributed by atoms with Gasteiger partial charge in [0.25, 0.3) is 5.91 Å². The molecule has 6 nitrogen and oxygen atoms in total. The molecule has 0 spiro atoms. The number of phenols is 1. The van der Waals surface area contributed by atoms with Crippen LogP contribution in [0, 0.1) is 0 Å². The highest BCUT2D eigenvalue weighted by Crippen LogP contribution is 2.30. The Morgan fingerprint density at radius 1 is 1.21 bits per heavy atom. The molecular formula is C21H20N2O4S. The van der Waals surface area contributed by atoms with Crippen LogP contribution in [0.3, 0.4) is 0 Å². The first-order valence-corrected chi connectivity index (χ1v) is 9.50. The number of nitrogens with zero attached hydrogens (tertiary/aromatic N) is 1. The van der Waals surface area contributed by atoms with E-state index in [-0.39, 0.29) is 17.2 Å². The number of aliphatic imine (C=N–C) groups is 1. The Hall–Kier alpha value is -3.06. The number of amides is 1. The van der Waals surface area contributed by atoms with Crippen LogP contribution in [0.4, 0.5) is 5.69 Å². The number of esters is 1. The smallest absolute Gasteiger partial charge is 0.341 e. The van der Waals surface area contributed by atoms with Gasteiger partial charge in [0.2, 0.25) is 0 Å². The topological polar surface area (TPSA) is 88.0 Å². The number of rotatable bonds is 4. The van der Waals surface area contributed by atoms with Crippen LogP contribution in [0.5, 0.6) is 5.75 Å². The third kappa shape index (κ3) is 4.43. The molecule has 1 heterocycles. The largest absolute Gasteiger partial charge is 0.507 e. The van der Waals surface area contributed by atoms with E-state index in [4.69, 9.17) is 0 Å². The van der Waals surface area contributed by atoms with Crippen LogP contribution < -0.4 is 5.32 Å². The van der Waals surface area contributed by atoms with Crippen LogP contribution >= 0.6 is 11.8 Å². The molecule has 0 atom stereocenters. The lowest BCUT2D eigenvalue weighted by Crippen LogP contribution is -2.19. The van der Waals surface area contributed by atoms with Gasteiger partial charge in [0.1, 0.15) is 11.3 Å². The van der Waals surface area contributed by atoms with Crippen LogP contribution in [0.2, 0.25) is 0 Å². The summed E-state index contributed by atoms with van der Waals surface area (Å²) in [5.41, 5.74) is 2.60. The number of hydrogen-bond acceptors (Lipinski definition) is 6. The summed E-state index contributed by atoms with van der Waals surface area (Å²) in [5, 5.41) is 12.9. The summed E-state index contributed by atoms with van der Waals surface area (Å²) in [4.78, 5) is 28.8. The predicted octanol–water partition coefficient (Wildman–Crippen LogP) is 4.19. The number of benzene rings is 2. The molecule has 0 unspecified atom stereocenters. The highest BCUT2D eigenvalue weighted by Gasteiger charge is 2.24. The van der Waals surface area contributed by atoms with Crippen LogP contribution in [0.25, 0.3) is 6.08 Å². The van der Waals surface area contributed by atoms with E-state index in [2.05, 4.69) is 28.9 Å². The zero-order chi connectivity index (χ0) is 20.3. The lowest BCUT2D eigenvalue weighted by Gasteiger charge is -2.04. The molecule has 0 aromatic heterocycles. The Bertz CT molecular complexity index is 978. The van der Waals surface area contributed by atoms with Gasteiger partial charge in [0.05, 0.1) is 17.7 Å². The van der Waals surface area contributed by atoms with E-state index < -0.39 is 5.97 Å². The second-order valence-electron chi connectivity index (χ2n) is 6.50. The summed E-state index contributed by atoms with van der Waals surface area (Å²) in [5.74, 6) is -0.633. The molecule has 2 aromatic rings. The fraction of sp³-hybridized carbons (Fsp3) is 0.190. The molecule has 1 aliphatic rings. The van der Waals surface area contributed by atoms with E-state index in [1.807, 2.05) is 30.3 Å². The Balaban J connectivity index is 1.81. The molecule has 0 radical (unpaired) electrons. The number of ether oxygens (including phenoxy) is 1. The van der Waals surface area contributed by atoms with Crippen molar-refractivity contribution in [2.45, 2.75) is 19.8 Å². The van der Waals surface area contributed by atoms with Crippen molar-refractivity contribution < 1.29 is 19.4 Å². The molecule has 1 saturated heterocycles. The number of carbonyl (C=O) groups is 2. The van der Waals surface area contributed by atoms with Crippen molar-refractivity contribution in [2.75, 3.05) is 7.11 Å². The van der Waals surface area contributed by atoms with E-state index in [0.29, 0.717) is 21.7 Å². The second kappa shape index (κ2) is 8.31. The van der Waals surface area contributed by atoms with Gasteiger partial charge in [-0.2, -0.15) is 0 Å². The number of aromatic hydroxyl groups is 1. The fourth-order valence-electron chi connectivity index (χ4n) is 2.59. The quantitative estimate of drug-likeness (QED) is 0.597. The Morgan fingerprint density at radius 2 is 1.93 bits per heavy atom. The number of methoxy groups -OCH3 is 1. The molecule has 144 valence electrons. The van der Waals surface area contributed by atoms with Gasteiger partial charge in [-0.15, -0.1) is 0 Å². The molecule has 3 rings (SSSR count). The van der Waals surface area contributed by atoms with Crippen molar-refractivity contribution in [3.63, 3.8) is 0 Å². The van der Waals surface area contributed by atoms with Crippen molar-refractivity contribution in [3.8, 4) is 5.75 Å². The Kier molecular flexibility index (Phi) is 5.84. The molecular weight excluding hydrogens is 376 g/mol. The molecule has 2 N–H and O–H groups in total. The van der Waals surface area contributed by atoms with Crippen molar-refractivity contribution in [3.05, 3.63) is 64.1 Å². The molecule has 1 fully saturated rings. The summed E-state index contributed by atoms with van der Waals surface area (Å²) in [6, 6.07) is 12.4. The first-order valence-electron chi connectivity index (χ1n) is 8.68. The molecule has 1 amide bonds. The van der Waals surface area contributed by atoms with Gasteiger partial charge in [0.15, 0.2) is 5.17 Å². The number of hydrogen-bond donors (Lipinski definition) is 2. The average molecular weight is 396 g/mol. The first kappa shape index (κ1) is 19.7. The van der Waals surface area contributed by atoms with Crippen molar-refractivity contribution in [1.82, 2.24) is 5.32 Å². The maximum atomic E-state index is 12.2. The normalized spacial score (nSPS) is 16.6. The molecule has 0 bridgehead atoms. The lowest BCUT2D eigenvalue weighted by atomic mass is 10.0. The number of nitrogens with one attached hydrogen (secondary N) is 1. The minimum absolute atomic E-state index is 0.0136. The highest BCUT2D eigenvalue weighted by atomic mass is 32.2. The van der Waals surface area contributed by atoms with Crippen molar-refractivity contribution in [1.29, 1.82) is 0 Å². The van der Waals surface area contributed by atoms with Crippen LogP contribution in [0.15, 0.2) is 52.4 Å². The standard InChI is InChI=1S/C21H20N2O4S/c1-12(2)14-6-4-13(5-7-14)10-18-19(25)23-21(28-18)22-15-8-9-17(24)16(11-15)20(26)27-3/h4-12,24H,1-3H3,(H,22,23,25)/b18-10-. The number of phenolic OH excluding ortho intramolecular Hbond substituents is 1. The van der Waals surface area contributed by atoms with E-state index in [9.17, 15) is 14.7 Å². The van der Waals surface area contributed by atoms with Crippen LogP contribution in [0.1, 0.15) is 41.3 Å². The maximum absolute atomic E-state index is 12.2. The van der Waals surface area contributed by atoms with Gasteiger partial charge in [-0.1, -0.05) is 38.1 Å². The van der Waals surface area contributed by atoms with E-state index in [0.717, 1.165) is 5.56 Å². The van der Waals surface area contributed by atoms with E-state index >= 15 is 0 Å². The van der Waals surface area contributed by atoms with Gasteiger partial charge in [-0.05, 0) is 53.1 Å². The highest BCUT2D eigenvalue weighted by molar-refractivity contribution is 8.18. The molecule has 0 aliphatic carbocycles. The summed E-state index contributed by atoms with van der Waals surface area (Å²) < 4.78 is 4.63. The molecule has 0 saturated carbocycles. The van der Waals surface area contributed by atoms with E-state index in [1.54, 1.807) is 6.07 Å². The molecule has 2 aromatic carbocycles. The number of thioether (sulfide) groups is 1. The summed E-state index contributed by atoms with van der Waals surface area (Å²) in [7, 11) is 1.23. The second-order valence-corrected chi connectivity index (χ2v) is 7.53. The zero-order valence-corrected chi connectivity index (χ0v) is 16.5. The SMILES string of the molecule is COC(=O)c1cc(N=C2NC(=O)/C(=C/c3ccc(C(C)C)cc3)S2)ccc1O. The molecule has 1 aliphatic heterocycles. The van der Waals surface area contributed by atoms with Crippen molar-refractivity contribution >= 4 is 40.6 Å². The average Bonchev–Trinajstić information content (AvgIpc) is 3.02. The van der Waals surface area contributed by atoms with Gasteiger partial charge < -0.3 is 15.2 Å². The zero-order valence-electron chi connectivity index (χ0n) is 15.7. The van der Waals surface area contributed by atoms with Crippen LogP contribution in [-0.4, -0.2) is 29.3 Å². The fourth-order valence-corrected chi connectivity index (χ4v) is 3.44. The van der Waals surface area contributed by atoms with Crippen LogP contribution in [-0.2, 0) is 9.53 Å². The summed E-state index contributed by atoms with van der Waals surface area (Å²) in [6.45, 7) is 4.26. The summed E-state index contributed by atoms with van der Waals surface area (Å²) in [6.07, 6.45) is 1.81. The van der Waals surface area contributed by atoms with E-state index in [1.165, 1.54) is 36.6 Å². The minimum atomic E-state index is -0.659. The van der Waals surface area contributed by atoms with Gasteiger partial charge >= 0.3 is 5.97 Å². The van der Waals surface area contributed by atoms with Gasteiger partial charge in [0, 0.05) is 0 Å². The third-order valence-electron chi connectivity index (χ3n) is 4.17. The maximum Gasteiger partial charge on any atom is 0.341 e. The molecule has 7 heteroatoms. The summed E-state index contributed by atoms with van der Waals surface area (Å²) >= 11 is 1.21. The monoisotopic (exact) mass is 396 g/mol. The van der Waals surface area contributed by atoms with Crippen molar-refractivity contribution in [2.24, 2.45) is 4.99 Å².